The summed E-state index contributed by atoms with van der Waals surface area (Å²) in [6.45, 7) is 0. The molecule has 0 aromatic heterocycles. The monoisotopic (exact) mass is 964 g/mol. The zero-order chi connectivity index (χ0) is 51.8. The molecule has 70 heavy (non-hydrogen) atoms. The van der Waals surface area contributed by atoms with E-state index in [1.54, 1.807) is 24.3 Å². The summed E-state index contributed by atoms with van der Waals surface area (Å²) in [6, 6.07) is 39.3. The maximum atomic E-state index is 12.9. The fourth-order valence-corrected chi connectivity index (χ4v) is 6.04. The number of aromatic carboxylic acids is 1. The van der Waals surface area contributed by atoms with Gasteiger partial charge < -0.3 is 48.9 Å². The van der Waals surface area contributed by atoms with E-state index in [-0.39, 0.29) is 29.5 Å². The van der Waals surface area contributed by atoms with Crippen molar-refractivity contribution in [3.05, 3.63) is 215 Å². The fraction of sp³-hybridized carbons (Fsp3) is 0.157. The Balaban J connectivity index is 0.000000259. The average molecular weight is 965 g/mol. The van der Waals surface area contributed by atoms with Crippen LogP contribution in [0.4, 0.5) is 13.2 Å². The fourth-order valence-electron chi connectivity index (χ4n) is 6.04. The summed E-state index contributed by atoms with van der Waals surface area (Å²) in [7, 11) is 0. The summed E-state index contributed by atoms with van der Waals surface area (Å²) in [5.74, 6) is -7.22. The number of amides is 5. The molecular weight excluding hydrogens is 914 g/mol. The molecule has 6 aromatic carbocycles. The van der Waals surface area contributed by atoms with E-state index in [0.717, 1.165) is 53.1 Å². The van der Waals surface area contributed by atoms with Crippen molar-refractivity contribution < 1.29 is 62.1 Å². The van der Waals surface area contributed by atoms with Gasteiger partial charge in [0, 0.05) is 23.6 Å². The highest BCUT2D eigenvalue weighted by Crippen LogP contribution is 2.11. The second-order valence-electron chi connectivity index (χ2n) is 15.1. The van der Waals surface area contributed by atoms with E-state index in [9.17, 15) is 56.9 Å². The Bertz CT molecular complexity index is 2630. The molecule has 6 rings (SSSR count). The number of hydrogen-bond donors (Lipinski definition) is 9. The first-order chi connectivity index (χ1) is 33.2. The quantitative estimate of drug-likeness (QED) is 0.0598. The predicted molar refractivity (Wildman–Crippen MR) is 252 cm³/mol. The molecule has 5 amide bonds. The normalized spacial score (nSPS) is 12.4. The molecule has 5 atom stereocenters. The third-order valence-electron chi connectivity index (χ3n) is 9.75. The molecule has 0 saturated heterocycles. The lowest BCUT2D eigenvalue weighted by Crippen LogP contribution is -2.50. The summed E-state index contributed by atoms with van der Waals surface area (Å²) in [5.41, 5.74) is 23.8. The number of halogens is 3. The van der Waals surface area contributed by atoms with Crippen molar-refractivity contribution in [2.24, 2.45) is 22.9 Å². The minimum atomic E-state index is -1.53. The molecule has 0 spiro atoms. The number of carbonyl (C=O) groups excluding carboxylic acids is 6. The lowest BCUT2D eigenvalue weighted by Gasteiger charge is -2.22. The first-order valence-electron chi connectivity index (χ1n) is 21.0. The molecule has 6 aromatic rings. The van der Waals surface area contributed by atoms with Crippen LogP contribution < -0.4 is 33.6 Å². The minimum Gasteiger partial charge on any atom is -0.478 e. The topological polar surface area (TPSA) is 308 Å². The van der Waals surface area contributed by atoms with Crippen LogP contribution in [-0.4, -0.2) is 86.9 Å². The molecule has 2 unspecified atom stereocenters. The van der Waals surface area contributed by atoms with Gasteiger partial charge in [-0.2, -0.15) is 0 Å². The molecule has 0 fully saturated rings. The molecule has 19 heteroatoms. The Labute approximate surface area is 400 Å². The summed E-state index contributed by atoms with van der Waals surface area (Å²) < 4.78 is 37.9. The van der Waals surface area contributed by atoms with Crippen molar-refractivity contribution in [1.29, 1.82) is 0 Å². The van der Waals surface area contributed by atoms with Crippen molar-refractivity contribution in [3.63, 3.8) is 0 Å². The van der Waals surface area contributed by atoms with Gasteiger partial charge in [0.05, 0.1) is 11.6 Å². The van der Waals surface area contributed by atoms with Crippen molar-refractivity contribution in [2.75, 3.05) is 0 Å². The van der Waals surface area contributed by atoms with Crippen LogP contribution in [0.3, 0.4) is 0 Å². The van der Waals surface area contributed by atoms with Gasteiger partial charge in [-0.3, -0.25) is 28.8 Å². The molecule has 0 bridgehead atoms. The van der Waals surface area contributed by atoms with E-state index in [1.165, 1.54) is 36.4 Å². The first-order valence-corrected chi connectivity index (χ1v) is 21.0. The van der Waals surface area contributed by atoms with E-state index in [1.807, 2.05) is 66.7 Å². The smallest absolute Gasteiger partial charge is 0.335 e. The number of carboxylic acid groups (broad SMARTS) is 1. The van der Waals surface area contributed by atoms with Gasteiger partial charge in [-0.05, 0) is 102 Å². The largest absolute Gasteiger partial charge is 0.478 e. The average Bonchev–Trinajstić information content (AvgIpc) is 3.34. The summed E-state index contributed by atoms with van der Waals surface area (Å²) in [6.07, 6.45) is -2.01. The predicted octanol–water partition coefficient (Wildman–Crippen LogP) is 3.16. The summed E-state index contributed by atoms with van der Waals surface area (Å²) in [5, 5.41) is 32.6. The molecule has 366 valence electrons. The van der Waals surface area contributed by atoms with Gasteiger partial charge in [-0.1, -0.05) is 91.0 Å². The zero-order valence-electron chi connectivity index (χ0n) is 37.2. The Morgan fingerprint density at radius 3 is 1.16 bits per heavy atom. The second-order valence-corrected chi connectivity index (χ2v) is 15.1. The van der Waals surface area contributed by atoms with Gasteiger partial charge in [-0.25, -0.2) is 18.0 Å². The Morgan fingerprint density at radius 2 is 0.800 bits per heavy atom. The highest BCUT2D eigenvalue weighted by atomic mass is 19.1. The number of aliphatic hydroxyl groups is 2. The molecule has 0 aliphatic heterocycles. The number of carboxylic acids is 1. The maximum Gasteiger partial charge on any atom is 0.335 e. The van der Waals surface area contributed by atoms with Crippen LogP contribution in [0.1, 0.15) is 47.8 Å². The van der Waals surface area contributed by atoms with Gasteiger partial charge in [0.2, 0.25) is 17.6 Å². The number of aliphatic hydroxyl groups excluding tert-OH is 2. The molecule has 0 saturated carbocycles. The molecule has 16 nitrogen and oxygen atoms in total. The molecule has 0 heterocycles. The molecule has 0 aliphatic rings. The summed E-state index contributed by atoms with van der Waals surface area (Å²) >= 11 is 0. The molecule has 0 aliphatic carbocycles. The van der Waals surface area contributed by atoms with Crippen LogP contribution in [0.5, 0.6) is 0 Å². The van der Waals surface area contributed by atoms with Crippen LogP contribution in [0.25, 0.3) is 0 Å². The second kappa shape index (κ2) is 28.6. The summed E-state index contributed by atoms with van der Waals surface area (Å²) in [4.78, 5) is 79.5. The minimum absolute atomic E-state index is 0.0985. The van der Waals surface area contributed by atoms with Crippen molar-refractivity contribution in [3.8, 4) is 0 Å². The number of Topliss-reactive ketones (excluding diaryl/α,β-unsaturated/α-hetero) is 1. The van der Waals surface area contributed by atoms with Crippen molar-refractivity contribution in [1.82, 2.24) is 10.6 Å². The standard InChI is InChI=1S/C17H17FN2O3.C17H15FN2O3.C10H14N2O2.C7H5FO2/c2*18-13-8-6-12(7-9-13)17(23)20-14(15(21)16(19)22)10-11-4-2-1-3-5-11;11-8(9(13)10(12)14)6-7-4-2-1-3-5-7;8-6-3-1-5(2-4-6)7(9)10/h1-9,14-15,21H,10H2,(H2,19,22)(H,20,23);1-9,14H,10H2,(H2,19,22)(H,20,23);1-5,8-9,13H,6,11H2,(H2,12,14);1-4H,(H,9,10)/t14-,15?;14-;8-,9?;/m000./s1. The highest BCUT2D eigenvalue weighted by molar-refractivity contribution is 6.38. The van der Waals surface area contributed by atoms with E-state index in [4.69, 9.17) is 28.0 Å². The number of benzene rings is 6. The molecule has 13 N–H and O–H groups in total. The van der Waals surface area contributed by atoms with Gasteiger partial charge in [0.1, 0.15) is 29.6 Å². The Kier molecular flexibility index (Phi) is 22.8. The van der Waals surface area contributed by atoms with Crippen LogP contribution in [0.2, 0.25) is 0 Å². The van der Waals surface area contributed by atoms with E-state index in [2.05, 4.69) is 10.6 Å². The first kappa shape index (κ1) is 55.8. The number of rotatable bonds is 17. The van der Waals surface area contributed by atoms with Crippen LogP contribution in [0.15, 0.2) is 164 Å². The Hall–Kier alpha value is -8.52. The number of primary amides is 3. The zero-order valence-corrected chi connectivity index (χ0v) is 37.2. The van der Waals surface area contributed by atoms with E-state index >= 15 is 0 Å². The SMILES string of the molecule is NC(=O)C(=O)[C@H](Cc1ccccc1)NC(=O)c1ccc(F)cc1.NC(=O)C(O)[C@@H](N)Cc1ccccc1.NC(=O)C(O)[C@H](Cc1ccccc1)NC(=O)c1ccc(F)cc1.O=C(O)c1ccc(F)cc1. The van der Waals surface area contributed by atoms with Gasteiger partial charge >= 0.3 is 5.97 Å². The number of ketones is 1. The van der Waals surface area contributed by atoms with Gasteiger partial charge in [-0.15, -0.1) is 0 Å². The third-order valence-corrected chi connectivity index (χ3v) is 9.75. The van der Waals surface area contributed by atoms with Crippen LogP contribution >= 0.6 is 0 Å². The Morgan fingerprint density at radius 1 is 0.457 bits per heavy atom. The van der Waals surface area contributed by atoms with E-state index < -0.39 is 89.1 Å². The van der Waals surface area contributed by atoms with Gasteiger partial charge in [0.15, 0.2) is 6.10 Å². The van der Waals surface area contributed by atoms with E-state index in [0.29, 0.717) is 6.42 Å². The number of nitrogens with two attached hydrogens (primary N) is 4. The lowest BCUT2D eigenvalue weighted by atomic mass is 10.00. The van der Waals surface area contributed by atoms with Crippen molar-refractivity contribution >= 4 is 41.3 Å². The number of carbonyl (C=O) groups is 7. The van der Waals surface area contributed by atoms with Gasteiger partial charge in [0.25, 0.3) is 17.7 Å². The van der Waals surface area contributed by atoms with Crippen LogP contribution in [0, 0.1) is 17.5 Å². The number of hydrogen-bond acceptors (Lipinski definition) is 10. The molecular formula is C51H51F3N6O10. The molecule has 0 radical (unpaired) electrons. The van der Waals surface area contributed by atoms with Crippen molar-refractivity contribution in [2.45, 2.75) is 49.6 Å². The highest BCUT2D eigenvalue weighted by Gasteiger charge is 2.27. The maximum absolute atomic E-state index is 12.9. The van der Waals surface area contributed by atoms with Crippen LogP contribution in [-0.2, 0) is 38.4 Å². The lowest BCUT2D eigenvalue weighted by molar-refractivity contribution is -0.137. The number of nitrogens with one attached hydrogen (secondary N) is 2. The third kappa shape index (κ3) is 19.8.